The van der Waals surface area contributed by atoms with Crippen molar-refractivity contribution in [3.8, 4) is 0 Å². The molecule has 1 aliphatic heterocycles. The van der Waals surface area contributed by atoms with Crippen LogP contribution in [0.1, 0.15) is 17.3 Å². The van der Waals surface area contributed by atoms with Gasteiger partial charge in [-0.1, -0.05) is 34.1 Å². The molecule has 0 bridgehead atoms. The molecule has 1 fully saturated rings. The first-order valence-electron chi connectivity index (χ1n) is 7.60. The summed E-state index contributed by atoms with van der Waals surface area (Å²) in [4.78, 5) is 29.5. The SMILES string of the molecule is CC1C(=NC(=O)c2ccc(Br)cc2Br)C(=O)N(c2ccccc2)N1C. The highest BCUT2D eigenvalue weighted by Crippen LogP contribution is 2.26. The molecule has 3 rings (SSSR count). The van der Waals surface area contributed by atoms with Crippen LogP contribution in [0.25, 0.3) is 0 Å². The van der Waals surface area contributed by atoms with Crippen molar-refractivity contribution in [2.24, 2.45) is 4.99 Å². The quantitative estimate of drug-likeness (QED) is 0.672. The Morgan fingerprint density at radius 2 is 1.80 bits per heavy atom. The predicted molar refractivity (Wildman–Crippen MR) is 105 cm³/mol. The van der Waals surface area contributed by atoms with Crippen LogP contribution in [0, 0.1) is 0 Å². The first kappa shape index (κ1) is 18.0. The van der Waals surface area contributed by atoms with Crippen LogP contribution >= 0.6 is 31.9 Å². The van der Waals surface area contributed by atoms with Gasteiger partial charge in [-0.2, -0.15) is 0 Å². The number of rotatable bonds is 2. The van der Waals surface area contributed by atoms with Gasteiger partial charge >= 0.3 is 0 Å². The van der Waals surface area contributed by atoms with E-state index < -0.39 is 5.91 Å². The smallest absolute Gasteiger partial charge is 0.267 e. The molecule has 1 heterocycles. The minimum atomic E-state index is -0.446. The standard InChI is InChI=1S/C18H15Br2N3O2/c1-11-16(21-17(24)14-9-8-12(19)10-15(14)20)18(25)23(22(11)2)13-6-4-3-5-7-13/h3-11H,1-2H3. The van der Waals surface area contributed by atoms with Crippen LogP contribution in [-0.2, 0) is 4.79 Å². The summed E-state index contributed by atoms with van der Waals surface area (Å²) >= 11 is 6.71. The number of carbonyl (C=O) groups excluding carboxylic acids is 2. The van der Waals surface area contributed by atoms with Crippen molar-refractivity contribution in [1.29, 1.82) is 0 Å². The molecule has 0 spiro atoms. The van der Waals surface area contributed by atoms with E-state index in [9.17, 15) is 9.59 Å². The first-order valence-corrected chi connectivity index (χ1v) is 9.19. The van der Waals surface area contributed by atoms with Crippen LogP contribution in [0.2, 0.25) is 0 Å². The van der Waals surface area contributed by atoms with E-state index in [1.54, 1.807) is 30.3 Å². The molecule has 5 nitrogen and oxygen atoms in total. The Labute approximate surface area is 162 Å². The second-order valence-electron chi connectivity index (χ2n) is 5.63. The number of nitrogens with zero attached hydrogens (tertiary/aromatic N) is 3. The fourth-order valence-electron chi connectivity index (χ4n) is 2.62. The van der Waals surface area contributed by atoms with Crippen molar-refractivity contribution in [2.45, 2.75) is 13.0 Å². The molecule has 2 aromatic rings. The van der Waals surface area contributed by atoms with Crippen molar-refractivity contribution in [2.75, 3.05) is 12.1 Å². The van der Waals surface area contributed by atoms with Crippen LogP contribution < -0.4 is 5.01 Å². The molecule has 0 saturated carbocycles. The molecular formula is C18H15Br2N3O2. The Hall–Kier alpha value is -1.83. The zero-order valence-corrected chi connectivity index (χ0v) is 16.8. The predicted octanol–water partition coefficient (Wildman–Crippen LogP) is 4.07. The second kappa shape index (κ2) is 7.19. The number of amides is 2. The number of halogens is 2. The van der Waals surface area contributed by atoms with E-state index in [-0.39, 0.29) is 17.7 Å². The van der Waals surface area contributed by atoms with Gasteiger partial charge in [-0.15, -0.1) is 0 Å². The molecule has 2 amide bonds. The van der Waals surface area contributed by atoms with E-state index >= 15 is 0 Å². The molecule has 0 radical (unpaired) electrons. The van der Waals surface area contributed by atoms with Crippen molar-refractivity contribution < 1.29 is 9.59 Å². The highest BCUT2D eigenvalue weighted by molar-refractivity contribution is 9.11. The van der Waals surface area contributed by atoms with Crippen molar-refractivity contribution in [3.05, 3.63) is 63.0 Å². The maximum atomic E-state index is 12.8. The molecule has 1 aliphatic rings. The molecule has 1 saturated heterocycles. The summed E-state index contributed by atoms with van der Waals surface area (Å²) in [5.41, 5.74) is 1.38. The summed E-state index contributed by atoms with van der Waals surface area (Å²) < 4.78 is 1.48. The lowest BCUT2D eigenvalue weighted by Gasteiger charge is -2.25. The van der Waals surface area contributed by atoms with Gasteiger partial charge in [0, 0.05) is 16.0 Å². The van der Waals surface area contributed by atoms with Gasteiger partial charge in [-0.25, -0.2) is 15.0 Å². The number of hydrazine groups is 1. The van der Waals surface area contributed by atoms with Gasteiger partial charge in [-0.05, 0) is 53.2 Å². The lowest BCUT2D eigenvalue weighted by molar-refractivity contribution is -0.113. The summed E-state index contributed by atoms with van der Waals surface area (Å²) in [6, 6.07) is 14.2. The molecule has 1 atom stereocenters. The Morgan fingerprint density at radius 3 is 2.44 bits per heavy atom. The average Bonchev–Trinajstić information content (AvgIpc) is 2.79. The van der Waals surface area contributed by atoms with Gasteiger partial charge in [0.2, 0.25) is 0 Å². The molecule has 128 valence electrons. The Morgan fingerprint density at radius 1 is 1.12 bits per heavy atom. The third kappa shape index (κ3) is 3.44. The van der Waals surface area contributed by atoms with Crippen LogP contribution in [-0.4, -0.2) is 35.6 Å². The Balaban J connectivity index is 1.95. The summed E-state index contributed by atoms with van der Waals surface area (Å²) in [7, 11) is 1.80. The van der Waals surface area contributed by atoms with Crippen LogP contribution in [0.3, 0.4) is 0 Å². The summed E-state index contributed by atoms with van der Waals surface area (Å²) in [6.07, 6.45) is 0. The fourth-order valence-corrected chi connectivity index (χ4v) is 3.84. The Kier molecular flexibility index (Phi) is 5.17. The number of hydrogen-bond acceptors (Lipinski definition) is 3. The minimum absolute atomic E-state index is 0.228. The van der Waals surface area contributed by atoms with E-state index in [2.05, 4.69) is 36.9 Å². The first-order chi connectivity index (χ1) is 11.9. The monoisotopic (exact) mass is 463 g/mol. The summed E-state index contributed by atoms with van der Waals surface area (Å²) in [5, 5.41) is 3.31. The average molecular weight is 465 g/mol. The maximum absolute atomic E-state index is 12.8. The number of benzene rings is 2. The van der Waals surface area contributed by atoms with E-state index in [1.165, 1.54) is 5.01 Å². The van der Waals surface area contributed by atoms with Gasteiger partial charge in [0.1, 0.15) is 5.71 Å². The van der Waals surface area contributed by atoms with Crippen LogP contribution in [0.15, 0.2) is 62.5 Å². The lowest BCUT2D eigenvalue weighted by atomic mass is 10.2. The second-order valence-corrected chi connectivity index (χ2v) is 7.40. The summed E-state index contributed by atoms with van der Waals surface area (Å²) in [5.74, 6) is -0.735. The highest BCUT2D eigenvalue weighted by atomic mass is 79.9. The highest BCUT2D eigenvalue weighted by Gasteiger charge is 2.40. The maximum Gasteiger partial charge on any atom is 0.289 e. The number of para-hydroxylation sites is 1. The number of hydrogen-bond donors (Lipinski definition) is 0. The number of carbonyl (C=O) groups is 2. The molecule has 7 heteroatoms. The molecule has 1 unspecified atom stereocenters. The normalized spacial score (nSPS) is 19.7. The molecule has 0 N–H and O–H groups in total. The largest absolute Gasteiger partial charge is 0.289 e. The third-order valence-electron chi connectivity index (χ3n) is 4.07. The van der Waals surface area contributed by atoms with Gasteiger partial charge < -0.3 is 0 Å². The molecule has 0 aliphatic carbocycles. The molecule has 0 aromatic heterocycles. The third-order valence-corrected chi connectivity index (χ3v) is 5.22. The van der Waals surface area contributed by atoms with Gasteiger partial charge in [-0.3, -0.25) is 9.59 Å². The lowest BCUT2D eigenvalue weighted by Crippen LogP contribution is -2.38. The van der Waals surface area contributed by atoms with Gasteiger partial charge in [0.25, 0.3) is 11.8 Å². The summed E-state index contributed by atoms with van der Waals surface area (Å²) in [6.45, 7) is 1.85. The van der Waals surface area contributed by atoms with Crippen LogP contribution in [0.4, 0.5) is 5.69 Å². The topological polar surface area (TPSA) is 53.0 Å². The van der Waals surface area contributed by atoms with Crippen LogP contribution in [0.5, 0.6) is 0 Å². The molecule has 25 heavy (non-hydrogen) atoms. The van der Waals surface area contributed by atoms with Crippen molar-refractivity contribution in [3.63, 3.8) is 0 Å². The van der Waals surface area contributed by atoms with Gasteiger partial charge in [0.15, 0.2) is 0 Å². The molecule has 2 aromatic carbocycles. The minimum Gasteiger partial charge on any atom is -0.267 e. The van der Waals surface area contributed by atoms with E-state index in [0.717, 1.165) is 10.2 Å². The van der Waals surface area contributed by atoms with E-state index in [1.807, 2.05) is 37.3 Å². The fraction of sp³-hybridized carbons (Fsp3) is 0.167. The van der Waals surface area contributed by atoms with Crippen molar-refractivity contribution in [1.82, 2.24) is 5.01 Å². The Bertz CT molecular complexity index is 868. The number of anilines is 1. The van der Waals surface area contributed by atoms with Gasteiger partial charge in [0.05, 0.1) is 17.3 Å². The molecular weight excluding hydrogens is 450 g/mol. The number of aliphatic imine (C=N–C) groups is 1. The van der Waals surface area contributed by atoms with Crippen molar-refractivity contribution >= 4 is 55.1 Å². The van der Waals surface area contributed by atoms with E-state index in [0.29, 0.717) is 10.0 Å². The zero-order chi connectivity index (χ0) is 18.1. The zero-order valence-electron chi connectivity index (χ0n) is 13.6. The van der Waals surface area contributed by atoms with E-state index in [4.69, 9.17) is 0 Å².